The minimum atomic E-state index is -0.141. The Balaban J connectivity index is 1.36. The van der Waals surface area contributed by atoms with E-state index in [2.05, 4.69) is 41.4 Å². The maximum atomic E-state index is 12.6. The average Bonchev–Trinajstić information content (AvgIpc) is 3.21. The number of amides is 1. The second kappa shape index (κ2) is 7.76. The van der Waals surface area contributed by atoms with E-state index in [1.54, 1.807) is 7.11 Å². The summed E-state index contributed by atoms with van der Waals surface area (Å²) in [7, 11) is 1.62. The summed E-state index contributed by atoms with van der Waals surface area (Å²) in [4.78, 5) is 19.8. The van der Waals surface area contributed by atoms with Gasteiger partial charge in [0.2, 0.25) is 0 Å². The molecule has 1 aliphatic rings. The summed E-state index contributed by atoms with van der Waals surface area (Å²) in [6.07, 6.45) is 0.964. The van der Waals surface area contributed by atoms with E-state index in [0.29, 0.717) is 5.56 Å². The van der Waals surface area contributed by atoms with Crippen LogP contribution < -0.4 is 15.0 Å². The molecule has 0 radical (unpaired) electrons. The molecule has 1 N–H and O–H groups in total. The van der Waals surface area contributed by atoms with E-state index in [4.69, 9.17) is 9.72 Å². The number of carbonyl (C=O) groups is 1. The number of pyridine rings is 1. The second-order valence-corrected chi connectivity index (χ2v) is 7.80. The molecule has 4 aromatic rings. The number of ether oxygens (including phenoxy) is 1. The molecular formula is C26H23N3O2. The Morgan fingerprint density at radius 2 is 1.77 bits per heavy atom. The Labute approximate surface area is 181 Å². The van der Waals surface area contributed by atoms with E-state index in [-0.39, 0.29) is 5.91 Å². The third-order valence-electron chi connectivity index (χ3n) is 5.68. The summed E-state index contributed by atoms with van der Waals surface area (Å²) in [5.41, 5.74) is 5.87. The van der Waals surface area contributed by atoms with Crippen molar-refractivity contribution in [3.05, 3.63) is 89.5 Å². The topological polar surface area (TPSA) is 54.5 Å². The van der Waals surface area contributed by atoms with Crippen molar-refractivity contribution in [1.29, 1.82) is 0 Å². The van der Waals surface area contributed by atoms with Gasteiger partial charge in [0.15, 0.2) is 0 Å². The highest BCUT2D eigenvalue weighted by Crippen LogP contribution is 2.35. The monoisotopic (exact) mass is 409 g/mol. The molecule has 0 fully saturated rings. The highest BCUT2D eigenvalue weighted by molar-refractivity contribution is 6.04. The van der Waals surface area contributed by atoms with Crippen molar-refractivity contribution in [2.24, 2.45) is 0 Å². The molecule has 1 amide bonds. The van der Waals surface area contributed by atoms with Crippen LogP contribution in [0.1, 0.15) is 21.5 Å². The molecule has 0 spiro atoms. The molecule has 0 saturated heterocycles. The molecule has 1 aliphatic heterocycles. The fourth-order valence-electron chi connectivity index (χ4n) is 3.99. The minimum Gasteiger partial charge on any atom is -0.497 e. The Kier molecular flexibility index (Phi) is 4.79. The molecule has 3 aromatic carbocycles. The van der Waals surface area contributed by atoms with E-state index in [9.17, 15) is 4.79 Å². The number of aromatic nitrogens is 1. The normalized spacial score (nSPS) is 12.6. The highest BCUT2D eigenvalue weighted by atomic mass is 16.5. The first-order valence-corrected chi connectivity index (χ1v) is 10.3. The summed E-state index contributed by atoms with van der Waals surface area (Å²) in [5, 5.41) is 4.10. The van der Waals surface area contributed by atoms with Gasteiger partial charge in [-0.25, -0.2) is 4.98 Å². The molecular weight excluding hydrogens is 386 g/mol. The van der Waals surface area contributed by atoms with Crippen LogP contribution in [0.4, 0.5) is 17.2 Å². The van der Waals surface area contributed by atoms with Gasteiger partial charge in [-0.3, -0.25) is 4.79 Å². The summed E-state index contributed by atoms with van der Waals surface area (Å²) in [5.74, 6) is 1.62. The smallest absolute Gasteiger partial charge is 0.255 e. The molecule has 0 unspecified atom stereocenters. The van der Waals surface area contributed by atoms with Crippen LogP contribution in [0.3, 0.4) is 0 Å². The van der Waals surface area contributed by atoms with Crippen molar-refractivity contribution < 1.29 is 9.53 Å². The first-order chi connectivity index (χ1) is 15.1. The molecule has 5 nitrogen and oxygen atoms in total. The zero-order valence-corrected chi connectivity index (χ0v) is 17.6. The molecule has 154 valence electrons. The van der Waals surface area contributed by atoms with Gasteiger partial charge in [0.1, 0.15) is 11.6 Å². The molecule has 1 aromatic heterocycles. The molecule has 2 heterocycles. The van der Waals surface area contributed by atoms with E-state index in [1.807, 2.05) is 48.5 Å². The summed E-state index contributed by atoms with van der Waals surface area (Å²) < 4.78 is 5.15. The predicted molar refractivity (Wildman–Crippen MR) is 125 cm³/mol. The largest absolute Gasteiger partial charge is 0.497 e. The van der Waals surface area contributed by atoms with Gasteiger partial charge < -0.3 is 15.0 Å². The maximum absolute atomic E-state index is 12.6. The molecule has 0 bridgehead atoms. The van der Waals surface area contributed by atoms with Crippen molar-refractivity contribution in [3.63, 3.8) is 0 Å². The van der Waals surface area contributed by atoms with Gasteiger partial charge >= 0.3 is 0 Å². The highest BCUT2D eigenvalue weighted by Gasteiger charge is 2.23. The lowest BCUT2D eigenvalue weighted by atomic mass is 10.1. The van der Waals surface area contributed by atoms with Gasteiger partial charge in [0.05, 0.1) is 12.6 Å². The Hall–Kier alpha value is -3.86. The maximum Gasteiger partial charge on any atom is 0.255 e. The number of hydrogen-bond acceptors (Lipinski definition) is 4. The van der Waals surface area contributed by atoms with Gasteiger partial charge in [0.25, 0.3) is 5.91 Å². The number of fused-ring (bicyclic) bond motifs is 2. The van der Waals surface area contributed by atoms with Crippen LogP contribution in [0.2, 0.25) is 0 Å². The average molecular weight is 409 g/mol. The van der Waals surface area contributed by atoms with Crippen LogP contribution in [0.15, 0.2) is 72.8 Å². The summed E-state index contributed by atoms with van der Waals surface area (Å²) in [6, 6.07) is 23.6. The summed E-state index contributed by atoms with van der Waals surface area (Å²) >= 11 is 0. The van der Waals surface area contributed by atoms with Crippen LogP contribution in [-0.2, 0) is 6.42 Å². The first kappa shape index (κ1) is 19.1. The van der Waals surface area contributed by atoms with Gasteiger partial charge in [-0.2, -0.15) is 0 Å². The number of hydrogen-bond donors (Lipinski definition) is 1. The van der Waals surface area contributed by atoms with Crippen molar-refractivity contribution in [1.82, 2.24) is 4.98 Å². The van der Waals surface area contributed by atoms with E-state index in [0.717, 1.165) is 41.4 Å². The summed E-state index contributed by atoms with van der Waals surface area (Å²) in [6.45, 7) is 2.97. The zero-order chi connectivity index (χ0) is 21.4. The minimum absolute atomic E-state index is 0.141. The fourth-order valence-corrected chi connectivity index (χ4v) is 3.99. The molecule has 5 heteroatoms. The fraction of sp³-hybridized carbons (Fsp3) is 0.154. The third kappa shape index (κ3) is 3.70. The number of anilines is 3. The lowest BCUT2D eigenvalue weighted by molar-refractivity contribution is 0.102. The third-order valence-corrected chi connectivity index (χ3v) is 5.68. The number of carbonyl (C=O) groups excluding carboxylic acids is 1. The van der Waals surface area contributed by atoms with Gasteiger partial charge in [-0.1, -0.05) is 12.1 Å². The molecule has 5 rings (SSSR count). The van der Waals surface area contributed by atoms with Crippen molar-refractivity contribution in [2.75, 3.05) is 23.9 Å². The number of rotatable bonds is 4. The Morgan fingerprint density at radius 1 is 1.00 bits per heavy atom. The van der Waals surface area contributed by atoms with E-state index >= 15 is 0 Å². The zero-order valence-electron chi connectivity index (χ0n) is 17.6. The van der Waals surface area contributed by atoms with E-state index in [1.165, 1.54) is 16.5 Å². The van der Waals surface area contributed by atoms with Crippen LogP contribution in [0.25, 0.3) is 10.9 Å². The Bertz CT molecular complexity index is 1260. The SMILES string of the molecule is COc1ccc(NC(=O)c2ccc(N3CCc4cc5ccc(C)cc5nc43)cc2)cc1. The number of benzene rings is 3. The van der Waals surface area contributed by atoms with Crippen LogP contribution in [-0.4, -0.2) is 24.5 Å². The van der Waals surface area contributed by atoms with Gasteiger partial charge in [-0.05, 0) is 85.1 Å². The van der Waals surface area contributed by atoms with Crippen LogP contribution in [0, 0.1) is 6.92 Å². The molecule has 0 atom stereocenters. The van der Waals surface area contributed by atoms with E-state index < -0.39 is 0 Å². The van der Waals surface area contributed by atoms with Crippen LogP contribution >= 0.6 is 0 Å². The quantitative estimate of drug-likeness (QED) is 0.484. The predicted octanol–water partition coefficient (Wildman–Crippen LogP) is 5.50. The van der Waals surface area contributed by atoms with Crippen molar-refractivity contribution in [3.8, 4) is 5.75 Å². The van der Waals surface area contributed by atoms with Crippen LogP contribution in [0.5, 0.6) is 5.75 Å². The van der Waals surface area contributed by atoms with Crippen molar-refractivity contribution in [2.45, 2.75) is 13.3 Å². The second-order valence-electron chi connectivity index (χ2n) is 7.80. The lowest BCUT2D eigenvalue weighted by Crippen LogP contribution is -2.15. The standard InChI is InChI=1S/C26H23N3O2/c1-17-3-4-19-16-20-13-14-29(25(20)28-24(19)15-17)22-9-5-18(6-10-22)26(30)27-21-7-11-23(31-2)12-8-21/h3-12,15-16H,13-14H2,1-2H3,(H,27,30). The number of methoxy groups -OCH3 is 1. The van der Waals surface area contributed by atoms with Gasteiger partial charge in [0, 0.05) is 28.9 Å². The number of nitrogens with one attached hydrogen (secondary N) is 1. The lowest BCUT2D eigenvalue weighted by Gasteiger charge is -2.19. The molecule has 31 heavy (non-hydrogen) atoms. The number of nitrogens with zero attached hydrogens (tertiary/aromatic N) is 2. The van der Waals surface area contributed by atoms with Gasteiger partial charge in [-0.15, -0.1) is 0 Å². The molecule has 0 aliphatic carbocycles. The van der Waals surface area contributed by atoms with Crippen molar-refractivity contribution >= 4 is 34.0 Å². The number of aryl methyl sites for hydroxylation is 1. The molecule has 0 saturated carbocycles. The Morgan fingerprint density at radius 3 is 2.52 bits per heavy atom. The first-order valence-electron chi connectivity index (χ1n) is 10.3.